The number of halogens is 1. The largest absolute Gasteiger partial charge is 0.379 e. The molecule has 19 heavy (non-hydrogen) atoms. The fraction of sp³-hybridized carbons (Fsp3) is 0.0714. The van der Waals surface area contributed by atoms with Crippen molar-refractivity contribution >= 4 is 28.2 Å². The molecule has 0 spiro atoms. The van der Waals surface area contributed by atoms with Gasteiger partial charge in [0.25, 0.3) is 0 Å². The standard InChI is InChI=1S/C14H11ClN4/c15-11-3-4-13-12(6-11)14(9-18-19-13)17-8-10-2-1-5-16-7-10/h1-7,9H,8H2,(H,17,19). The number of hydrogen-bond donors (Lipinski definition) is 1. The highest BCUT2D eigenvalue weighted by Crippen LogP contribution is 2.24. The predicted octanol–water partition coefficient (Wildman–Crippen LogP) is 3.29. The van der Waals surface area contributed by atoms with Gasteiger partial charge in [0.2, 0.25) is 0 Å². The molecule has 3 aromatic rings. The van der Waals surface area contributed by atoms with Gasteiger partial charge in [-0.05, 0) is 29.8 Å². The Morgan fingerprint density at radius 2 is 2.11 bits per heavy atom. The fourth-order valence-corrected chi connectivity index (χ4v) is 2.04. The summed E-state index contributed by atoms with van der Waals surface area (Å²) >= 11 is 6.02. The Bertz CT molecular complexity index is 700. The zero-order valence-corrected chi connectivity index (χ0v) is 10.8. The van der Waals surface area contributed by atoms with Crippen LogP contribution >= 0.6 is 11.6 Å². The smallest absolute Gasteiger partial charge is 0.0951 e. The molecule has 0 radical (unpaired) electrons. The molecule has 0 aliphatic rings. The monoisotopic (exact) mass is 270 g/mol. The summed E-state index contributed by atoms with van der Waals surface area (Å²) in [6.07, 6.45) is 5.29. The molecular formula is C14H11ClN4. The maximum absolute atomic E-state index is 6.02. The molecule has 94 valence electrons. The highest BCUT2D eigenvalue weighted by Gasteiger charge is 2.03. The van der Waals surface area contributed by atoms with E-state index in [4.69, 9.17) is 11.6 Å². The van der Waals surface area contributed by atoms with Crippen molar-refractivity contribution in [3.05, 3.63) is 59.5 Å². The predicted molar refractivity (Wildman–Crippen MR) is 76.1 cm³/mol. The van der Waals surface area contributed by atoms with Gasteiger partial charge in [-0.2, -0.15) is 10.2 Å². The molecule has 0 aliphatic carbocycles. The lowest BCUT2D eigenvalue weighted by Gasteiger charge is -2.08. The van der Waals surface area contributed by atoms with Crippen LogP contribution in [0.5, 0.6) is 0 Å². The van der Waals surface area contributed by atoms with Crippen LogP contribution in [-0.2, 0) is 6.54 Å². The molecule has 0 aliphatic heterocycles. The molecule has 1 aromatic carbocycles. The molecule has 0 saturated carbocycles. The lowest BCUT2D eigenvalue weighted by atomic mass is 10.2. The molecule has 0 bridgehead atoms. The Kier molecular flexibility index (Phi) is 3.25. The van der Waals surface area contributed by atoms with Crippen LogP contribution in [0.25, 0.3) is 10.9 Å². The van der Waals surface area contributed by atoms with Crippen LogP contribution in [0.2, 0.25) is 5.02 Å². The summed E-state index contributed by atoms with van der Waals surface area (Å²) in [5.74, 6) is 0. The van der Waals surface area contributed by atoms with E-state index in [1.54, 1.807) is 12.4 Å². The Labute approximate surface area is 115 Å². The van der Waals surface area contributed by atoms with E-state index in [1.165, 1.54) is 0 Å². The third kappa shape index (κ3) is 2.63. The molecule has 5 heteroatoms. The molecular weight excluding hydrogens is 260 g/mol. The zero-order chi connectivity index (χ0) is 13.1. The van der Waals surface area contributed by atoms with Gasteiger partial charge in [0.05, 0.1) is 17.4 Å². The Morgan fingerprint density at radius 1 is 1.16 bits per heavy atom. The Balaban J connectivity index is 1.90. The topological polar surface area (TPSA) is 50.7 Å². The number of pyridine rings is 1. The maximum atomic E-state index is 6.02. The first-order chi connectivity index (χ1) is 9.33. The third-order valence-electron chi connectivity index (χ3n) is 2.81. The molecule has 1 N–H and O–H groups in total. The van der Waals surface area contributed by atoms with Crippen molar-refractivity contribution in [2.75, 3.05) is 5.32 Å². The Morgan fingerprint density at radius 3 is 2.95 bits per heavy atom. The van der Waals surface area contributed by atoms with Crippen molar-refractivity contribution in [2.45, 2.75) is 6.54 Å². The second-order valence-electron chi connectivity index (χ2n) is 4.13. The number of benzene rings is 1. The van der Waals surface area contributed by atoms with E-state index in [0.29, 0.717) is 11.6 Å². The highest BCUT2D eigenvalue weighted by atomic mass is 35.5. The van der Waals surface area contributed by atoms with Gasteiger partial charge in [-0.15, -0.1) is 0 Å². The molecule has 0 fully saturated rings. The van der Waals surface area contributed by atoms with Crippen molar-refractivity contribution in [1.29, 1.82) is 0 Å². The van der Waals surface area contributed by atoms with Gasteiger partial charge in [0.15, 0.2) is 0 Å². The number of aromatic nitrogens is 3. The number of rotatable bonds is 3. The minimum atomic E-state index is 0.682. The number of anilines is 1. The van der Waals surface area contributed by atoms with E-state index in [0.717, 1.165) is 22.2 Å². The molecule has 0 unspecified atom stereocenters. The lowest BCUT2D eigenvalue weighted by Crippen LogP contribution is -2.01. The van der Waals surface area contributed by atoms with E-state index in [9.17, 15) is 0 Å². The van der Waals surface area contributed by atoms with E-state index in [-0.39, 0.29) is 0 Å². The van der Waals surface area contributed by atoms with Crippen LogP contribution in [0.15, 0.2) is 48.9 Å². The van der Waals surface area contributed by atoms with Gasteiger partial charge in [0, 0.05) is 29.3 Å². The van der Waals surface area contributed by atoms with E-state index < -0.39 is 0 Å². The van der Waals surface area contributed by atoms with Gasteiger partial charge < -0.3 is 5.32 Å². The van der Waals surface area contributed by atoms with Crippen LogP contribution in [0.4, 0.5) is 5.69 Å². The maximum Gasteiger partial charge on any atom is 0.0951 e. The summed E-state index contributed by atoms with van der Waals surface area (Å²) in [4.78, 5) is 4.08. The van der Waals surface area contributed by atoms with Crippen molar-refractivity contribution in [2.24, 2.45) is 0 Å². The number of hydrogen-bond acceptors (Lipinski definition) is 4. The van der Waals surface area contributed by atoms with Crippen molar-refractivity contribution in [1.82, 2.24) is 15.2 Å². The summed E-state index contributed by atoms with van der Waals surface area (Å²) < 4.78 is 0. The van der Waals surface area contributed by atoms with Crippen LogP contribution in [0, 0.1) is 0 Å². The van der Waals surface area contributed by atoms with Crippen LogP contribution < -0.4 is 5.32 Å². The highest BCUT2D eigenvalue weighted by molar-refractivity contribution is 6.31. The molecule has 2 heterocycles. The third-order valence-corrected chi connectivity index (χ3v) is 3.04. The SMILES string of the molecule is Clc1ccc2nncc(NCc3cccnc3)c2c1. The number of nitrogens with zero attached hydrogens (tertiary/aromatic N) is 3. The first-order valence-electron chi connectivity index (χ1n) is 5.87. The average molecular weight is 271 g/mol. The summed E-state index contributed by atoms with van der Waals surface area (Å²) in [6.45, 7) is 0.682. The molecule has 4 nitrogen and oxygen atoms in total. The first-order valence-corrected chi connectivity index (χ1v) is 6.24. The van der Waals surface area contributed by atoms with Crippen LogP contribution in [0.1, 0.15) is 5.56 Å². The van der Waals surface area contributed by atoms with Crippen molar-refractivity contribution < 1.29 is 0 Å². The van der Waals surface area contributed by atoms with Gasteiger partial charge in [-0.25, -0.2) is 0 Å². The molecule has 2 aromatic heterocycles. The van der Waals surface area contributed by atoms with Gasteiger partial charge in [0.1, 0.15) is 0 Å². The normalized spacial score (nSPS) is 10.6. The van der Waals surface area contributed by atoms with Crippen LogP contribution in [-0.4, -0.2) is 15.2 Å². The Hall–Kier alpha value is -2.20. The average Bonchev–Trinajstić information content (AvgIpc) is 2.46. The summed E-state index contributed by atoms with van der Waals surface area (Å²) in [6, 6.07) is 9.49. The minimum Gasteiger partial charge on any atom is -0.379 e. The van der Waals surface area contributed by atoms with E-state index >= 15 is 0 Å². The second-order valence-corrected chi connectivity index (χ2v) is 4.57. The number of fused-ring (bicyclic) bond motifs is 1. The van der Waals surface area contributed by atoms with E-state index in [2.05, 4.69) is 20.5 Å². The summed E-state index contributed by atoms with van der Waals surface area (Å²) in [5, 5.41) is 13.0. The van der Waals surface area contributed by atoms with Crippen molar-refractivity contribution in [3.8, 4) is 0 Å². The van der Waals surface area contributed by atoms with Crippen LogP contribution in [0.3, 0.4) is 0 Å². The van der Waals surface area contributed by atoms with E-state index in [1.807, 2.05) is 36.5 Å². The molecule has 0 atom stereocenters. The fourth-order valence-electron chi connectivity index (χ4n) is 1.87. The molecule has 0 amide bonds. The second kappa shape index (κ2) is 5.20. The number of nitrogens with one attached hydrogen (secondary N) is 1. The molecule has 0 saturated heterocycles. The lowest BCUT2D eigenvalue weighted by molar-refractivity contribution is 1.06. The van der Waals surface area contributed by atoms with Gasteiger partial charge >= 0.3 is 0 Å². The first kappa shape index (κ1) is 11.9. The van der Waals surface area contributed by atoms with Crippen molar-refractivity contribution in [3.63, 3.8) is 0 Å². The van der Waals surface area contributed by atoms with Gasteiger partial charge in [-0.1, -0.05) is 17.7 Å². The molecule has 3 rings (SSSR count). The quantitative estimate of drug-likeness (QED) is 0.793. The zero-order valence-electron chi connectivity index (χ0n) is 10.0. The minimum absolute atomic E-state index is 0.682. The summed E-state index contributed by atoms with van der Waals surface area (Å²) in [7, 11) is 0. The van der Waals surface area contributed by atoms with Gasteiger partial charge in [-0.3, -0.25) is 4.98 Å². The summed E-state index contributed by atoms with van der Waals surface area (Å²) in [5.41, 5.74) is 2.84.